The molecule has 110 valence electrons. The second-order valence-corrected chi connectivity index (χ2v) is 5.77. The Hall–Kier alpha value is -2.52. The first-order valence-corrected chi connectivity index (χ1v) is 7.42. The van der Waals surface area contributed by atoms with Crippen molar-refractivity contribution in [3.8, 4) is 11.5 Å². The summed E-state index contributed by atoms with van der Waals surface area (Å²) in [6.45, 7) is 0.118. The maximum absolute atomic E-state index is 12.3. The third-order valence-corrected chi connectivity index (χ3v) is 4.14. The van der Waals surface area contributed by atoms with E-state index in [0.717, 1.165) is 0 Å². The van der Waals surface area contributed by atoms with Crippen LogP contribution in [0.3, 0.4) is 0 Å². The van der Waals surface area contributed by atoms with Gasteiger partial charge in [-0.1, -0.05) is 0 Å². The standard InChI is InChI=1S/C12H12N4O4S/c13-15-9-2-1-5-14-12(9)21(17,18)16-8-3-4-10-11(6-8)20-7-19-10/h1-6,15-16H,7,13H2. The van der Waals surface area contributed by atoms with E-state index in [-0.39, 0.29) is 17.5 Å². The average Bonchev–Trinajstić information content (AvgIpc) is 2.94. The molecule has 0 amide bonds. The van der Waals surface area contributed by atoms with Crippen molar-refractivity contribution in [2.24, 2.45) is 5.84 Å². The molecule has 1 aliphatic heterocycles. The van der Waals surface area contributed by atoms with Gasteiger partial charge in [-0.2, -0.15) is 8.42 Å². The van der Waals surface area contributed by atoms with Crippen LogP contribution in [0.5, 0.6) is 11.5 Å². The van der Waals surface area contributed by atoms with E-state index in [1.165, 1.54) is 12.3 Å². The van der Waals surface area contributed by atoms with E-state index in [1.807, 2.05) is 0 Å². The summed E-state index contributed by atoms with van der Waals surface area (Å²) in [6, 6.07) is 7.83. The minimum Gasteiger partial charge on any atom is -0.454 e. The molecule has 0 bridgehead atoms. The number of nitrogens with one attached hydrogen (secondary N) is 2. The molecule has 1 aliphatic rings. The summed E-state index contributed by atoms with van der Waals surface area (Å²) in [7, 11) is -3.87. The lowest BCUT2D eigenvalue weighted by molar-refractivity contribution is 0.174. The first-order chi connectivity index (χ1) is 10.1. The topological polar surface area (TPSA) is 116 Å². The summed E-state index contributed by atoms with van der Waals surface area (Å²) < 4.78 is 37.5. The summed E-state index contributed by atoms with van der Waals surface area (Å²) >= 11 is 0. The van der Waals surface area contributed by atoms with E-state index in [4.69, 9.17) is 15.3 Å². The summed E-state index contributed by atoms with van der Waals surface area (Å²) in [6.07, 6.45) is 1.37. The molecule has 4 N–H and O–H groups in total. The predicted molar refractivity (Wildman–Crippen MR) is 75.4 cm³/mol. The predicted octanol–water partition coefficient (Wildman–Crippen LogP) is 0.897. The lowest BCUT2D eigenvalue weighted by Crippen LogP contribution is -2.18. The highest BCUT2D eigenvalue weighted by Crippen LogP contribution is 2.35. The molecule has 9 heteroatoms. The van der Waals surface area contributed by atoms with Gasteiger partial charge in [0.05, 0.1) is 11.4 Å². The zero-order valence-electron chi connectivity index (χ0n) is 10.7. The molecule has 21 heavy (non-hydrogen) atoms. The minimum absolute atomic E-state index is 0.118. The summed E-state index contributed by atoms with van der Waals surface area (Å²) in [5.41, 5.74) is 2.84. The number of sulfonamides is 1. The molecule has 1 aromatic heterocycles. The van der Waals surface area contributed by atoms with Crippen molar-refractivity contribution in [2.75, 3.05) is 16.9 Å². The van der Waals surface area contributed by atoms with Crippen LogP contribution in [0.4, 0.5) is 11.4 Å². The molecular weight excluding hydrogens is 296 g/mol. The second kappa shape index (κ2) is 5.11. The van der Waals surface area contributed by atoms with Crippen LogP contribution in [0.15, 0.2) is 41.6 Å². The molecule has 0 unspecified atom stereocenters. The van der Waals surface area contributed by atoms with E-state index >= 15 is 0 Å². The van der Waals surface area contributed by atoms with Gasteiger partial charge in [-0.3, -0.25) is 10.6 Å². The zero-order chi connectivity index (χ0) is 14.9. The van der Waals surface area contributed by atoms with Gasteiger partial charge in [-0.05, 0) is 24.3 Å². The number of pyridine rings is 1. The first-order valence-electron chi connectivity index (χ1n) is 5.94. The van der Waals surface area contributed by atoms with Gasteiger partial charge >= 0.3 is 0 Å². The Morgan fingerprint density at radius 1 is 1.19 bits per heavy atom. The Bertz CT molecular complexity index is 779. The molecule has 0 fully saturated rings. The molecule has 0 spiro atoms. The van der Waals surface area contributed by atoms with Crippen molar-refractivity contribution in [2.45, 2.75) is 5.03 Å². The number of ether oxygens (including phenoxy) is 2. The van der Waals surface area contributed by atoms with Crippen molar-refractivity contribution in [1.29, 1.82) is 0 Å². The molecule has 2 heterocycles. The van der Waals surface area contributed by atoms with Gasteiger partial charge in [0.15, 0.2) is 11.5 Å². The lowest BCUT2D eigenvalue weighted by atomic mass is 10.3. The molecular formula is C12H12N4O4S. The van der Waals surface area contributed by atoms with Gasteiger partial charge in [-0.25, -0.2) is 4.98 Å². The number of nitrogens with two attached hydrogens (primary N) is 1. The van der Waals surface area contributed by atoms with Gasteiger partial charge in [0.1, 0.15) is 0 Å². The van der Waals surface area contributed by atoms with Crippen LogP contribution >= 0.6 is 0 Å². The van der Waals surface area contributed by atoms with Gasteiger partial charge in [0, 0.05) is 12.3 Å². The maximum atomic E-state index is 12.3. The number of hydrazine groups is 1. The summed E-state index contributed by atoms with van der Waals surface area (Å²) in [5, 5.41) is -0.190. The van der Waals surface area contributed by atoms with E-state index in [9.17, 15) is 8.42 Å². The number of hydrogen-bond acceptors (Lipinski definition) is 7. The maximum Gasteiger partial charge on any atom is 0.281 e. The number of nitrogen functional groups attached to an aromatic ring is 1. The molecule has 0 radical (unpaired) electrons. The van der Waals surface area contributed by atoms with Crippen LogP contribution in [0.25, 0.3) is 0 Å². The van der Waals surface area contributed by atoms with Crippen molar-refractivity contribution < 1.29 is 17.9 Å². The number of aromatic nitrogens is 1. The molecule has 0 saturated carbocycles. The highest BCUT2D eigenvalue weighted by Gasteiger charge is 2.21. The Balaban J connectivity index is 1.93. The van der Waals surface area contributed by atoms with Gasteiger partial charge < -0.3 is 14.9 Å². The fourth-order valence-electron chi connectivity index (χ4n) is 1.88. The van der Waals surface area contributed by atoms with Crippen LogP contribution in [-0.2, 0) is 10.0 Å². The highest BCUT2D eigenvalue weighted by molar-refractivity contribution is 7.92. The molecule has 3 rings (SSSR count). The molecule has 1 aromatic carbocycles. The quantitative estimate of drug-likeness (QED) is 0.567. The zero-order valence-corrected chi connectivity index (χ0v) is 11.6. The summed E-state index contributed by atoms with van der Waals surface area (Å²) in [4.78, 5) is 3.84. The Morgan fingerprint density at radius 3 is 2.81 bits per heavy atom. The fraction of sp³-hybridized carbons (Fsp3) is 0.0833. The fourth-order valence-corrected chi connectivity index (χ4v) is 3.03. The van der Waals surface area contributed by atoms with E-state index < -0.39 is 10.0 Å². The SMILES string of the molecule is NNc1cccnc1S(=O)(=O)Nc1ccc2c(c1)OCO2. The monoisotopic (exact) mass is 308 g/mol. The van der Waals surface area contributed by atoms with E-state index in [2.05, 4.69) is 15.1 Å². The van der Waals surface area contributed by atoms with Crippen LogP contribution in [-0.4, -0.2) is 20.2 Å². The van der Waals surface area contributed by atoms with Crippen molar-refractivity contribution >= 4 is 21.4 Å². The highest BCUT2D eigenvalue weighted by atomic mass is 32.2. The second-order valence-electron chi connectivity index (χ2n) is 4.17. The van der Waals surface area contributed by atoms with Crippen molar-refractivity contribution in [1.82, 2.24) is 4.98 Å². The van der Waals surface area contributed by atoms with E-state index in [0.29, 0.717) is 17.2 Å². The molecule has 0 aliphatic carbocycles. The van der Waals surface area contributed by atoms with Gasteiger partial charge in [0.25, 0.3) is 10.0 Å². The van der Waals surface area contributed by atoms with Gasteiger partial charge in [-0.15, -0.1) is 0 Å². The third-order valence-electron chi connectivity index (χ3n) is 2.81. The number of fused-ring (bicyclic) bond motifs is 1. The first kappa shape index (κ1) is 13.5. The number of hydrogen-bond donors (Lipinski definition) is 3. The lowest BCUT2D eigenvalue weighted by Gasteiger charge is -2.11. The normalized spacial score (nSPS) is 13.0. The number of nitrogens with zero attached hydrogens (tertiary/aromatic N) is 1. The Morgan fingerprint density at radius 2 is 2.00 bits per heavy atom. The number of benzene rings is 1. The Kier molecular flexibility index (Phi) is 3.28. The van der Waals surface area contributed by atoms with Crippen LogP contribution in [0.1, 0.15) is 0 Å². The molecule has 0 saturated heterocycles. The van der Waals surface area contributed by atoms with Crippen LogP contribution in [0.2, 0.25) is 0 Å². The number of rotatable bonds is 4. The van der Waals surface area contributed by atoms with Gasteiger partial charge in [0.2, 0.25) is 11.8 Å². The molecule has 8 nitrogen and oxygen atoms in total. The average molecular weight is 308 g/mol. The third kappa shape index (κ3) is 2.56. The van der Waals surface area contributed by atoms with Crippen molar-refractivity contribution in [3.63, 3.8) is 0 Å². The Labute approximate surface area is 120 Å². The molecule has 2 aromatic rings. The largest absolute Gasteiger partial charge is 0.454 e. The summed E-state index contributed by atoms with van der Waals surface area (Å²) in [5.74, 6) is 6.35. The van der Waals surface area contributed by atoms with Crippen LogP contribution < -0.4 is 25.5 Å². The minimum atomic E-state index is -3.87. The van der Waals surface area contributed by atoms with Crippen molar-refractivity contribution in [3.05, 3.63) is 36.5 Å². The smallest absolute Gasteiger partial charge is 0.281 e. The molecule has 0 atom stereocenters. The van der Waals surface area contributed by atoms with E-state index in [1.54, 1.807) is 24.3 Å². The number of anilines is 2. The van der Waals surface area contributed by atoms with Crippen LogP contribution in [0, 0.1) is 0 Å².